The fourth-order valence-corrected chi connectivity index (χ4v) is 3.51. The number of aryl methyl sites for hydroxylation is 1. The maximum Gasteiger partial charge on any atom is 0.271 e. The first-order valence-electron chi connectivity index (χ1n) is 8.48. The van der Waals surface area contributed by atoms with Gasteiger partial charge in [-0.2, -0.15) is 5.10 Å². The van der Waals surface area contributed by atoms with Crippen LogP contribution >= 0.6 is 0 Å². The van der Waals surface area contributed by atoms with Gasteiger partial charge in [0.2, 0.25) is 10.0 Å². The van der Waals surface area contributed by atoms with E-state index in [9.17, 15) is 13.2 Å². The van der Waals surface area contributed by atoms with Crippen molar-refractivity contribution < 1.29 is 13.2 Å². The Hall–Kier alpha value is -3.29. The highest BCUT2D eigenvalue weighted by molar-refractivity contribution is 7.89. The number of sulfonamides is 1. The summed E-state index contributed by atoms with van der Waals surface area (Å²) in [6.07, 6.45) is 0. The summed E-state index contributed by atoms with van der Waals surface area (Å²) in [7, 11) is -3.92. The normalized spacial score (nSPS) is 10.9. The number of nitrogens with two attached hydrogens (primary N) is 1. The molecule has 0 heterocycles. The van der Waals surface area contributed by atoms with Gasteiger partial charge >= 0.3 is 0 Å². The molecule has 3 aromatic rings. The quantitative estimate of drug-likeness (QED) is 0.515. The van der Waals surface area contributed by atoms with Gasteiger partial charge in [-0.15, -0.1) is 0 Å². The molecule has 0 radical (unpaired) electrons. The van der Waals surface area contributed by atoms with Crippen molar-refractivity contribution in [2.75, 3.05) is 0 Å². The third-order valence-corrected chi connectivity index (χ3v) is 5.17. The van der Waals surface area contributed by atoms with E-state index in [2.05, 4.69) is 10.5 Å². The molecule has 0 spiro atoms. The lowest BCUT2D eigenvalue weighted by Crippen LogP contribution is -2.22. The Bertz CT molecular complexity index is 1080. The molecule has 6 nitrogen and oxygen atoms in total. The number of nitrogens with one attached hydrogen (secondary N) is 1. The molecule has 0 atom stereocenters. The first-order valence-corrected chi connectivity index (χ1v) is 10.0. The van der Waals surface area contributed by atoms with E-state index >= 15 is 0 Å². The molecule has 0 aliphatic heterocycles. The van der Waals surface area contributed by atoms with Crippen LogP contribution in [0.5, 0.6) is 0 Å². The Morgan fingerprint density at radius 3 is 1.89 bits per heavy atom. The van der Waals surface area contributed by atoms with E-state index in [0.717, 1.165) is 11.1 Å². The largest absolute Gasteiger partial charge is 0.271 e. The minimum absolute atomic E-state index is 0.0875. The molecule has 3 aromatic carbocycles. The molecule has 3 N–H and O–H groups in total. The van der Waals surface area contributed by atoms with Crippen LogP contribution in [-0.2, 0) is 10.0 Å². The number of hydrazone groups is 1. The first kappa shape index (κ1) is 19.5. The molecule has 0 aliphatic carbocycles. The smallest absolute Gasteiger partial charge is 0.267 e. The number of carbonyl (C=O) groups excluding carboxylic acids is 1. The van der Waals surface area contributed by atoms with Gasteiger partial charge in [0.1, 0.15) is 0 Å². The monoisotopic (exact) mass is 393 g/mol. The zero-order valence-electron chi connectivity index (χ0n) is 15.2. The highest BCUT2D eigenvalue weighted by Crippen LogP contribution is 2.16. The van der Waals surface area contributed by atoms with Crippen molar-refractivity contribution in [1.82, 2.24) is 5.43 Å². The zero-order chi connectivity index (χ0) is 20.1. The fourth-order valence-electron chi connectivity index (χ4n) is 2.71. The molecule has 0 aliphatic rings. The Labute approximate surface area is 163 Å². The van der Waals surface area contributed by atoms with Gasteiger partial charge in [0.15, 0.2) is 0 Å². The predicted octanol–water partition coefficient (Wildman–Crippen LogP) is 2.82. The van der Waals surface area contributed by atoms with E-state index in [1.807, 2.05) is 60.7 Å². The van der Waals surface area contributed by atoms with E-state index < -0.39 is 15.9 Å². The van der Waals surface area contributed by atoms with Crippen LogP contribution in [0.25, 0.3) is 0 Å². The third-order valence-electron chi connectivity index (χ3n) is 4.12. The van der Waals surface area contributed by atoms with Crippen LogP contribution in [0.1, 0.15) is 27.0 Å². The number of hydrogen-bond donors (Lipinski definition) is 2. The summed E-state index contributed by atoms with van der Waals surface area (Å²) >= 11 is 0. The number of primary sulfonamides is 1. The van der Waals surface area contributed by atoms with Crippen molar-refractivity contribution >= 4 is 21.6 Å². The summed E-state index contributed by atoms with van der Waals surface area (Å²) in [4.78, 5) is 12.5. The molecule has 0 fully saturated rings. The van der Waals surface area contributed by atoms with Gasteiger partial charge in [-0.05, 0) is 24.6 Å². The second-order valence-electron chi connectivity index (χ2n) is 6.16. The molecule has 7 heteroatoms. The number of carbonyl (C=O) groups is 1. The van der Waals surface area contributed by atoms with Crippen LogP contribution in [0, 0.1) is 6.92 Å². The van der Waals surface area contributed by atoms with Gasteiger partial charge in [0, 0.05) is 16.7 Å². The number of rotatable bonds is 5. The van der Waals surface area contributed by atoms with Gasteiger partial charge in [-0.25, -0.2) is 19.0 Å². The van der Waals surface area contributed by atoms with Gasteiger partial charge in [-0.1, -0.05) is 66.7 Å². The van der Waals surface area contributed by atoms with Gasteiger partial charge < -0.3 is 0 Å². The molecular formula is C21H19N3O3S. The number of amides is 1. The number of hydrogen-bond acceptors (Lipinski definition) is 4. The molecule has 1 amide bonds. The minimum Gasteiger partial charge on any atom is -0.267 e. The van der Waals surface area contributed by atoms with E-state index in [0.29, 0.717) is 11.3 Å². The van der Waals surface area contributed by atoms with Crippen LogP contribution in [0.2, 0.25) is 0 Å². The van der Waals surface area contributed by atoms with Gasteiger partial charge in [-0.3, -0.25) is 4.79 Å². The lowest BCUT2D eigenvalue weighted by atomic mass is 10.0. The number of nitrogens with zero attached hydrogens (tertiary/aromatic N) is 1. The highest BCUT2D eigenvalue weighted by Gasteiger charge is 2.15. The summed E-state index contributed by atoms with van der Waals surface area (Å²) in [5, 5.41) is 9.50. The molecule has 3 rings (SSSR count). The minimum atomic E-state index is -3.92. The van der Waals surface area contributed by atoms with E-state index in [4.69, 9.17) is 5.14 Å². The molecule has 0 saturated carbocycles. The average molecular weight is 393 g/mol. The Morgan fingerprint density at radius 1 is 0.857 bits per heavy atom. The van der Waals surface area contributed by atoms with Gasteiger partial charge in [0.25, 0.3) is 5.91 Å². The molecule has 0 saturated heterocycles. The van der Waals surface area contributed by atoms with Crippen molar-refractivity contribution in [3.63, 3.8) is 0 Å². The third kappa shape index (κ3) is 4.51. The Kier molecular flexibility index (Phi) is 5.67. The average Bonchev–Trinajstić information content (AvgIpc) is 2.69. The summed E-state index contributed by atoms with van der Waals surface area (Å²) in [5.74, 6) is -0.533. The molecule has 0 unspecified atom stereocenters. The highest BCUT2D eigenvalue weighted by atomic mass is 32.2. The molecule has 142 valence electrons. The Morgan fingerprint density at radius 2 is 1.39 bits per heavy atom. The second-order valence-corrected chi connectivity index (χ2v) is 7.69. The summed E-state index contributed by atoms with van der Waals surface area (Å²) < 4.78 is 23.4. The predicted molar refractivity (Wildman–Crippen MR) is 109 cm³/mol. The van der Waals surface area contributed by atoms with E-state index in [1.54, 1.807) is 6.92 Å². The second kappa shape index (κ2) is 8.16. The molecule has 0 bridgehead atoms. The lowest BCUT2D eigenvalue weighted by Gasteiger charge is -2.09. The van der Waals surface area contributed by atoms with E-state index in [-0.39, 0.29) is 10.5 Å². The van der Waals surface area contributed by atoms with Crippen molar-refractivity contribution in [2.24, 2.45) is 10.2 Å². The molecular weight excluding hydrogens is 374 g/mol. The zero-order valence-corrected chi connectivity index (χ0v) is 16.0. The topological polar surface area (TPSA) is 102 Å². The Balaban J connectivity index is 1.95. The summed E-state index contributed by atoms with van der Waals surface area (Å²) in [5.41, 5.74) is 5.39. The van der Waals surface area contributed by atoms with Crippen molar-refractivity contribution in [3.05, 3.63) is 101 Å². The van der Waals surface area contributed by atoms with Crippen LogP contribution in [0.3, 0.4) is 0 Å². The molecule has 0 aromatic heterocycles. The SMILES string of the molecule is Cc1ccc(C(=O)NN=C(c2ccccc2)c2ccccc2)cc1S(N)(=O)=O. The van der Waals surface area contributed by atoms with Crippen LogP contribution in [0.4, 0.5) is 0 Å². The van der Waals surface area contributed by atoms with Crippen LogP contribution < -0.4 is 10.6 Å². The van der Waals surface area contributed by atoms with Crippen molar-refractivity contribution in [1.29, 1.82) is 0 Å². The summed E-state index contributed by atoms with van der Waals surface area (Å²) in [6, 6.07) is 23.2. The maximum absolute atomic E-state index is 12.5. The maximum atomic E-state index is 12.5. The first-order chi connectivity index (χ1) is 13.4. The van der Waals surface area contributed by atoms with E-state index in [1.165, 1.54) is 18.2 Å². The summed E-state index contributed by atoms with van der Waals surface area (Å²) in [6.45, 7) is 1.61. The van der Waals surface area contributed by atoms with Crippen molar-refractivity contribution in [3.8, 4) is 0 Å². The number of benzene rings is 3. The van der Waals surface area contributed by atoms with Crippen LogP contribution in [0.15, 0.2) is 88.9 Å². The lowest BCUT2D eigenvalue weighted by molar-refractivity contribution is 0.0954. The standard InChI is InChI=1S/C21H19N3O3S/c1-15-12-13-18(14-19(15)28(22,26)27)21(25)24-23-20(16-8-4-2-5-9-16)17-10-6-3-7-11-17/h2-14H,1H3,(H,24,25)(H2,22,26,27). The fraction of sp³-hybridized carbons (Fsp3) is 0.0476. The van der Waals surface area contributed by atoms with Crippen LogP contribution in [-0.4, -0.2) is 20.0 Å². The van der Waals surface area contributed by atoms with Gasteiger partial charge in [0.05, 0.1) is 10.6 Å². The molecule has 28 heavy (non-hydrogen) atoms. The van der Waals surface area contributed by atoms with Crippen molar-refractivity contribution in [2.45, 2.75) is 11.8 Å².